The average molecular weight is 490 g/mol. The quantitative estimate of drug-likeness (QED) is 0.229. The highest BCUT2D eigenvalue weighted by Gasteiger charge is 2.14. The average Bonchev–Trinajstić information content (AvgIpc) is 3.05. The monoisotopic (exact) mass is 489 g/mol. The SMILES string of the molecule is CC(CCc1ncnc2c1cnn2CCN1CCCCCC1)OC(=O)/C=C\C(=O)ONC(N)=S. The number of likely N-dealkylation sites (tertiary alicyclic amines) is 1. The van der Waals surface area contributed by atoms with Crippen LogP contribution in [0.2, 0.25) is 0 Å². The molecule has 2 aromatic rings. The van der Waals surface area contributed by atoms with Gasteiger partial charge in [0.15, 0.2) is 10.8 Å². The van der Waals surface area contributed by atoms with Crippen molar-refractivity contribution in [2.24, 2.45) is 5.73 Å². The maximum atomic E-state index is 11.9. The number of fused-ring (bicyclic) bond motifs is 1. The van der Waals surface area contributed by atoms with Gasteiger partial charge in [0.1, 0.15) is 6.33 Å². The van der Waals surface area contributed by atoms with Gasteiger partial charge < -0.3 is 20.2 Å². The zero-order valence-electron chi connectivity index (χ0n) is 19.3. The Morgan fingerprint density at radius 2 is 1.91 bits per heavy atom. The lowest BCUT2D eigenvalue weighted by Gasteiger charge is -2.19. The van der Waals surface area contributed by atoms with Gasteiger partial charge in [0.25, 0.3) is 0 Å². The number of rotatable bonds is 9. The third-order valence-electron chi connectivity index (χ3n) is 5.56. The molecule has 1 saturated heterocycles. The van der Waals surface area contributed by atoms with Crippen molar-refractivity contribution in [3.05, 3.63) is 30.4 Å². The van der Waals surface area contributed by atoms with Gasteiger partial charge >= 0.3 is 11.9 Å². The van der Waals surface area contributed by atoms with E-state index in [1.54, 1.807) is 19.4 Å². The van der Waals surface area contributed by atoms with Gasteiger partial charge in [-0.05, 0) is 57.9 Å². The predicted octanol–water partition coefficient (Wildman–Crippen LogP) is 1.41. The number of hydroxylamine groups is 1. The standard InChI is InChI=1S/C22H31N7O4S/c1-16(32-19(30)8-9-20(31)33-27-22(23)34)6-7-18-17-14-26-29(21(17)25-15-24-18)13-12-28-10-4-2-3-5-11-28/h8-9,14-16H,2-7,10-13H2,1H3,(H3,23,27,34)/b9-8-. The molecule has 12 heteroatoms. The lowest BCUT2D eigenvalue weighted by Crippen LogP contribution is -2.31. The van der Waals surface area contributed by atoms with E-state index >= 15 is 0 Å². The molecule has 0 bridgehead atoms. The number of hydrogen-bond acceptors (Lipinski definition) is 9. The molecule has 1 fully saturated rings. The van der Waals surface area contributed by atoms with E-state index in [2.05, 4.69) is 37.0 Å². The Morgan fingerprint density at radius 3 is 2.65 bits per heavy atom. The summed E-state index contributed by atoms with van der Waals surface area (Å²) in [5.41, 5.74) is 8.84. The number of carbonyl (C=O) groups is 2. The second-order valence-corrected chi connectivity index (χ2v) is 8.63. The Balaban J connectivity index is 1.49. The van der Waals surface area contributed by atoms with Crippen molar-refractivity contribution in [2.75, 3.05) is 19.6 Å². The first-order valence-electron chi connectivity index (χ1n) is 11.4. The molecule has 1 unspecified atom stereocenters. The van der Waals surface area contributed by atoms with Crippen molar-refractivity contribution in [1.29, 1.82) is 0 Å². The van der Waals surface area contributed by atoms with E-state index < -0.39 is 11.9 Å². The van der Waals surface area contributed by atoms with Crippen molar-refractivity contribution < 1.29 is 19.2 Å². The van der Waals surface area contributed by atoms with Crippen LogP contribution in [0.25, 0.3) is 11.0 Å². The minimum atomic E-state index is -0.825. The molecule has 3 N–H and O–H groups in total. The lowest BCUT2D eigenvalue weighted by atomic mass is 10.1. The summed E-state index contributed by atoms with van der Waals surface area (Å²) in [6.07, 6.45) is 11.2. The number of nitrogens with zero attached hydrogens (tertiary/aromatic N) is 5. The van der Waals surface area contributed by atoms with Gasteiger partial charge in [-0.25, -0.2) is 24.2 Å². The molecule has 0 aliphatic carbocycles. The predicted molar refractivity (Wildman–Crippen MR) is 129 cm³/mol. The Labute approximate surface area is 203 Å². The lowest BCUT2D eigenvalue weighted by molar-refractivity contribution is -0.144. The molecule has 2 aromatic heterocycles. The Bertz CT molecular complexity index is 1020. The van der Waals surface area contributed by atoms with Gasteiger partial charge in [0, 0.05) is 18.7 Å². The summed E-state index contributed by atoms with van der Waals surface area (Å²) in [7, 11) is 0. The number of aromatic nitrogens is 4. The minimum absolute atomic E-state index is 0.195. The molecule has 3 heterocycles. The molecule has 1 aliphatic heterocycles. The first kappa shape index (κ1) is 25.5. The fourth-order valence-electron chi connectivity index (χ4n) is 3.81. The van der Waals surface area contributed by atoms with Crippen LogP contribution in [0.15, 0.2) is 24.7 Å². The second-order valence-electron chi connectivity index (χ2n) is 8.19. The zero-order valence-corrected chi connectivity index (χ0v) is 20.1. The Kier molecular flexibility index (Phi) is 9.71. The number of esters is 1. The second kappa shape index (κ2) is 12.9. The molecule has 1 atom stereocenters. The van der Waals surface area contributed by atoms with Gasteiger partial charge in [-0.15, -0.1) is 0 Å². The summed E-state index contributed by atoms with van der Waals surface area (Å²) in [6.45, 7) is 5.81. The van der Waals surface area contributed by atoms with E-state index in [1.807, 2.05) is 10.2 Å². The topological polar surface area (TPSA) is 137 Å². The van der Waals surface area contributed by atoms with Gasteiger partial charge in [-0.1, -0.05) is 12.8 Å². The molecule has 34 heavy (non-hydrogen) atoms. The molecular formula is C22H31N7O4S. The van der Waals surface area contributed by atoms with E-state index in [9.17, 15) is 9.59 Å². The fraction of sp³-hybridized carbons (Fsp3) is 0.545. The molecule has 0 saturated carbocycles. The number of hydrogen-bond donors (Lipinski definition) is 2. The molecule has 3 rings (SSSR count). The van der Waals surface area contributed by atoms with E-state index in [-0.39, 0.29) is 11.2 Å². The maximum Gasteiger partial charge on any atom is 0.356 e. The zero-order chi connectivity index (χ0) is 24.3. The summed E-state index contributed by atoms with van der Waals surface area (Å²) in [5.74, 6) is -1.48. The summed E-state index contributed by atoms with van der Waals surface area (Å²) in [6, 6.07) is 0. The highest BCUT2D eigenvalue weighted by molar-refractivity contribution is 7.80. The number of thiocarbonyl (C=S) groups is 1. The minimum Gasteiger partial charge on any atom is -0.459 e. The van der Waals surface area contributed by atoms with Crippen LogP contribution in [0.1, 0.15) is 44.7 Å². The number of nitrogens with two attached hydrogens (primary N) is 1. The fourth-order valence-corrected chi connectivity index (χ4v) is 3.85. The first-order chi connectivity index (χ1) is 16.4. The van der Waals surface area contributed by atoms with Crippen molar-refractivity contribution in [1.82, 2.24) is 30.1 Å². The molecule has 0 amide bonds. The summed E-state index contributed by atoms with van der Waals surface area (Å²) in [5, 5.41) is 5.25. The normalized spacial score (nSPS) is 15.7. The third kappa shape index (κ3) is 8.03. The van der Waals surface area contributed by atoms with Gasteiger partial charge in [0.05, 0.1) is 29.9 Å². The van der Waals surface area contributed by atoms with E-state index in [0.29, 0.717) is 12.8 Å². The molecule has 1 aliphatic rings. The van der Waals surface area contributed by atoms with E-state index in [1.165, 1.54) is 25.7 Å². The first-order valence-corrected chi connectivity index (χ1v) is 11.9. The van der Waals surface area contributed by atoms with Crippen LogP contribution in [0, 0.1) is 0 Å². The molecule has 11 nitrogen and oxygen atoms in total. The van der Waals surface area contributed by atoms with E-state index in [4.69, 9.17) is 10.5 Å². The van der Waals surface area contributed by atoms with Crippen molar-refractivity contribution in [3.8, 4) is 0 Å². The molecule has 0 spiro atoms. The summed E-state index contributed by atoms with van der Waals surface area (Å²) in [4.78, 5) is 39.2. The van der Waals surface area contributed by atoms with Crippen LogP contribution in [0.4, 0.5) is 0 Å². The molecule has 0 radical (unpaired) electrons. The van der Waals surface area contributed by atoms with Crippen molar-refractivity contribution >= 4 is 40.3 Å². The summed E-state index contributed by atoms with van der Waals surface area (Å²) >= 11 is 4.51. The van der Waals surface area contributed by atoms with Crippen LogP contribution < -0.4 is 11.2 Å². The van der Waals surface area contributed by atoms with Crippen molar-refractivity contribution in [3.63, 3.8) is 0 Å². The Morgan fingerprint density at radius 1 is 1.18 bits per heavy atom. The molecular weight excluding hydrogens is 458 g/mol. The van der Waals surface area contributed by atoms with Gasteiger partial charge in [-0.2, -0.15) is 10.6 Å². The summed E-state index contributed by atoms with van der Waals surface area (Å²) < 4.78 is 7.24. The van der Waals surface area contributed by atoms with Gasteiger partial charge in [0.2, 0.25) is 0 Å². The van der Waals surface area contributed by atoms with Crippen LogP contribution >= 0.6 is 12.2 Å². The maximum absolute atomic E-state index is 11.9. The largest absolute Gasteiger partial charge is 0.459 e. The van der Waals surface area contributed by atoms with Crippen LogP contribution in [0.3, 0.4) is 0 Å². The highest BCUT2D eigenvalue weighted by Crippen LogP contribution is 2.17. The van der Waals surface area contributed by atoms with Crippen LogP contribution in [0.5, 0.6) is 0 Å². The number of aryl methyl sites for hydroxylation is 1. The van der Waals surface area contributed by atoms with Crippen LogP contribution in [-0.4, -0.2) is 67.4 Å². The van der Waals surface area contributed by atoms with E-state index in [0.717, 1.165) is 55.1 Å². The van der Waals surface area contributed by atoms with Crippen molar-refractivity contribution in [2.45, 2.75) is 58.1 Å². The Hall–Kier alpha value is -3.12. The third-order valence-corrected chi connectivity index (χ3v) is 5.64. The smallest absolute Gasteiger partial charge is 0.356 e. The highest BCUT2D eigenvalue weighted by atomic mass is 32.1. The number of nitrogens with one attached hydrogen (secondary N) is 1. The van der Waals surface area contributed by atoms with Gasteiger partial charge in [-0.3, -0.25) is 0 Å². The van der Waals surface area contributed by atoms with Crippen LogP contribution in [-0.2, 0) is 32.1 Å². The number of carbonyl (C=O) groups excluding carboxylic acids is 2. The molecule has 184 valence electrons. The number of ether oxygens (including phenoxy) is 1. The molecule has 0 aromatic carbocycles.